The lowest BCUT2D eigenvalue weighted by Crippen LogP contribution is -2.47. The summed E-state index contributed by atoms with van der Waals surface area (Å²) in [5, 5.41) is 0. The molecule has 1 amide bonds. The van der Waals surface area contributed by atoms with Gasteiger partial charge in [0.05, 0.1) is 6.33 Å². The standard InChI is InChI=1S/C24H33N3O/c1-23(2,3)18-9-7-17(8-10-18)14-24(4)11-6-12-27(24)22(28)20-13-19(20)21-15-25-16-26(21)5/h7-10,15-16,19-20H,6,11-14H2,1-5H3/t19-,20-,24?/m1/s1. The number of carbonyl (C=O) groups is 1. The Morgan fingerprint density at radius 2 is 1.96 bits per heavy atom. The topological polar surface area (TPSA) is 38.1 Å². The summed E-state index contributed by atoms with van der Waals surface area (Å²) < 4.78 is 2.05. The minimum atomic E-state index is -0.0695. The van der Waals surface area contributed by atoms with Crippen molar-refractivity contribution in [3.8, 4) is 0 Å². The summed E-state index contributed by atoms with van der Waals surface area (Å²) in [6.45, 7) is 9.90. The third kappa shape index (κ3) is 3.49. The number of rotatable bonds is 4. The molecule has 1 aliphatic carbocycles. The normalized spacial score (nSPS) is 27.2. The minimum Gasteiger partial charge on any atom is -0.337 e. The fourth-order valence-corrected chi connectivity index (χ4v) is 4.86. The summed E-state index contributed by atoms with van der Waals surface area (Å²) in [5.74, 6) is 0.824. The molecule has 1 unspecified atom stereocenters. The van der Waals surface area contributed by atoms with Gasteiger partial charge in [-0.25, -0.2) is 4.98 Å². The highest BCUT2D eigenvalue weighted by Crippen LogP contribution is 2.50. The number of benzene rings is 1. The molecule has 2 heterocycles. The maximum atomic E-state index is 13.3. The Morgan fingerprint density at radius 1 is 1.25 bits per heavy atom. The van der Waals surface area contributed by atoms with Crippen LogP contribution in [0.2, 0.25) is 0 Å². The van der Waals surface area contributed by atoms with Gasteiger partial charge < -0.3 is 9.47 Å². The fourth-order valence-electron chi connectivity index (χ4n) is 4.86. The van der Waals surface area contributed by atoms with Gasteiger partial charge in [-0.1, -0.05) is 45.0 Å². The van der Waals surface area contributed by atoms with E-state index in [4.69, 9.17) is 0 Å². The van der Waals surface area contributed by atoms with E-state index in [1.54, 1.807) is 0 Å². The van der Waals surface area contributed by atoms with Crippen molar-refractivity contribution in [2.45, 2.75) is 70.3 Å². The highest BCUT2D eigenvalue weighted by atomic mass is 16.2. The Kier molecular flexibility index (Phi) is 4.64. The van der Waals surface area contributed by atoms with E-state index < -0.39 is 0 Å². The van der Waals surface area contributed by atoms with E-state index in [1.165, 1.54) is 16.8 Å². The van der Waals surface area contributed by atoms with Gasteiger partial charge in [0.15, 0.2) is 0 Å². The summed E-state index contributed by atoms with van der Waals surface area (Å²) in [7, 11) is 2.02. The molecule has 0 N–H and O–H groups in total. The first kappa shape index (κ1) is 19.2. The molecule has 2 aromatic rings. The molecular formula is C24H33N3O. The molecule has 1 saturated carbocycles. The largest absolute Gasteiger partial charge is 0.337 e. The highest BCUT2D eigenvalue weighted by Gasteiger charge is 2.51. The number of aryl methyl sites for hydroxylation is 1. The molecule has 4 nitrogen and oxygen atoms in total. The zero-order chi connectivity index (χ0) is 20.1. The first-order valence-electron chi connectivity index (χ1n) is 10.6. The molecule has 2 aliphatic rings. The monoisotopic (exact) mass is 379 g/mol. The minimum absolute atomic E-state index is 0.0695. The summed E-state index contributed by atoms with van der Waals surface area (Å²) >= 11 is 0. The van der Waals surface area contributed by atoms with Crippen molar-refractivity contribution < 1.29 is 4.79 Å². The van der Waals surface area contributed by atoms with Crippen LogP contribution < -0.4 is 0 Å². The Morgan fingerprint density at radius 3 is 2.57 bits per heavy atom. The van der Waals surface area contributed by atoms with Crippen LogP contribution in [0.4, 0.5) is 0 Å². The maximum Gasteiger partial charge on any atom is 0.226 e. The van der Waals surface area contributed by atoms with Crippen molar-refractivity contribution >= 4 is 5.91 Å². The van der Waals surface area contributed by atoms with Crippen LogP contribution in [-0.4, -0.2) is 32.4 Å². The van der Waals surface area contributed by atoms with Crippen LogP contribution in [0.1, 0.15) is 69.7 Å². The van der Waals surface area contributed by atoms with Crippen LogP contribution in [0, 0.1) is 5.92 Å². The van der Waals surface area contributed by atoms with Crippen molar-refractivity contribution in [2.75, 3.05) is 6.54 Å². The van der Waals surface area contributed by atoms with Crippen LogP contribution in [0.25, 0.3) is 0 Å². The lowest BCUT2D eigenvalue weighted by atomic mass is 9.84. The summed E-state index contributed by atoms with van der Waals surface area (Å²) in [4.78, 5) is 19.7. The van der Waals surface area contributed by atoms with Gasteiger partial charge >= 0.3 is 0 Å². The molecule has 4 rings (SSSR count). The number of carbonyl (C=O) groups excluding carboxylic acids is 1. The third-order valence-corrected chi connectivity index (χ3v) is 6.76. The Bertz CT molecular complexity index is 861. The van der Waals surface area contributed by atoms with E-state index in [1.807, 2.05) is 19.6 Å². The quantitative estimate of drug-likeness (QED) is 0.787. The number of hydrogen-bond acceptors (Lipinski definition) is 2. The summed E-state index contributed by atoms with van der Waals surface area (Å²) in [6.07, 6.45) is 7.83. The molecular weight excluding hydrogens is 346 g/mol. The van der Waals surface area contributed by atoms with Crippen LogP contribution in [0.3, 0.4) is 0 Å². The van der Waals surface area contributed by atoms with Crippen LogP contribution >= 0.6 is 0 Å². The van der Waals surface area contributed by atoms with E-state index in [9.17, 15) is 4.79 Å². The zero-order valence-electron chi connectivity index (χ0n) is 17.9. The molecule has 150 valence electrons. The number of likely N-dealkylation sites (tertiary alicyclic amines) is 1. The van der Waals surface area contributed by atoms with Gasteiger partial charge in [-0.3, -0.25) is 4.79 Å². The summed E-state index contributed by atoms with van der Waals surface area (Å²) in [6, 6.07) is 9.00. The first-order chi connectivity index (χ1) is 13.2. The molecule has 1 aromatic carbocycles. The van der Waals surface area contributed by atoms with Crippen molar-refractivity contribution in [3.63, 3.8) is 0 Å². The second-order valence-electron chi connectivity index (χ2n) is 10.1. The SMILES string of the molecule is Cn1cncc1[C@@H]1C[C@H]1C(=O)N1CCCC1(C)Cc1ccc(C(C)(C)C)cc1. The molecule has 28 heavy (non-hydrogen) atoms. The van der Waals surface area contributed by atoms with E-state index in [2.05, 4.69) is 66.4 Å². The van der Waals surface area contributed by atoms with Crippen molar-refractivity contribution in [3.05, 3.63) is 53.6 Å². The van der Waals surface area contributed by atoms with Crippen LogP contribution in [0.5, 0.6) is 0 Å². The predicted molar refractivity (Wildman–Crippen MR) is 112 cm³/mol. The zero-order valence-corrected chi connectivity index (χ0v) is 17.9. The number of aromatic nitrogens is 2. The van der Waals surface area contributed by atoms with Gasteiger partial charge in [0, 0.05) is 42.9 Å². The molecule has 4 heteroatoms. The smallest absolute Gasteiger partial charge is 0.226 e. The Hall–Kier alpha value is -2.10. The van der Waals surface area contributed by atoms with E-state index in [-0.39, 0.29) is 16.9 Å². The first-order valence-corrected chi connectivity index (χ1v) is 10.6. The van der Waals surface area contributed by atoms with Crippen molar-refractivity contribution in [1.82, 2.24) is 14.5 Å². The van der Waals surface area contributed by atoms with Gasteiger partial charge in [-0.2, -0.15) is 0 Å². The second-order valence-corrected chi connectivity index (χ2v) is 10.1. The molecule has 0 bridgehead atoms. The van der Waals surface area contributed by atoms with Crippen molar-refractivity contribution in [1.29, 1.82) is 0 Å². The van der Waals surface area contributed by atoms with Gasteiger partial charge in [-0.05, 0) is 49.1 Å². The number of hydrogen-bond donors (Lipinski definition) is 0. The second kappa shape index (κ2) is 6.75. The lowest BCUT2D eigenvalue weighted by molar-refractivity contribution is -0.136. The molecule has 2 fully saturated rings. The number of imidazole rings is 1. The Balaban J connectivity index is 1.47. The van der Waals surface area contributed by atoms with E-state index in [0.29, 0.717) is 11.8 Å². The predicted octanol–water partition coefficient (Wildman–Crippen LogP) is 4.44. The van der Waals surface area contributed by atoms with Gasteiger partial charge in [-0.15, -0.1) is 0 Å². The van der Waals surface area contributed by atoms with Crippen LogP contribution in [-0.2, 0) is 23.7 Å². The van der Waals surface area contributed by atoms with Gasteiger partial charge in [0.2, 0.25) is 5.91 Å². The third-order valence-electron chi connectivity index (χ3n) is 6.76. The summed E-state index contributed by atoms with van der Waals surface area (Å²) in [5.41, 5.74) is 3.98. The number of nitrogens with zero attached hydrogens (tertiary/aromatic N) is 3. The molecule has 0 spiro atoms. The maximum absolute atomic E-state index is 13.3. The average Bonchev–Trinajstić information content (AvgIpc) is 3.16. The Labute approximate surface area is 169 Å². The van der Waals surface area contributed by atoms with E-state index in [0.717, 1.165) is 32.2 Å². The molecule has 1 aliphatic heterocycles. The average molecular weight is 380 g/mol. The molecule has 3 atom stereocenters. The molecule has 0 radical (unpaired) electrons. The van der Waals surface area contributed by atoms with E-state index >= 15 is 0 Å². The molecule has 1 saturated heterocycles. The fraction of sp³-hybridized carbons (Fsp3) is 0.583. The van der Waals surface area contributed by atoms with Crippen LogP contribution in [0.15, 0.2) is 36.8 Å². The number of amides is 1. The highest BCUT2D eigenvalue weighted by molar-refractivity contribution is 5.84. The van der Waals surface area contributed by atoms with Crippen molar-refractivity contribution in [2.24, 2.45) is 13.0 Å². The van der Waals surface area contributed by atoms with Gasteiger partial charge in [0.1, 0.15) is 0 Å². The van der Waals surface area contributed by atoms with Gasteiger partial charge in [0.25, 0.3) is 0 Å². The molecule has 1 aromatic heterocycles. The lowest BCUT2D eigenvalue weighted by Gasteiger charge is -2.36.